The molecular formula is C19H27NO2S. The Morgan fingerprint density at radius 2 is 1.87 bits per heavy atom. The van der Waals surface area contributed by atoms with Crippen molar-refractivity contribution in [3.05, 3.63) is 58.0 Å². The van der Waals surface area contributed by atoms with Gasteiger partial charge in [0.1, 0.15) is 0 Å². The molecule has 1 aliphatic rings. The highest BCUT2D eigenvalue weighted by atomic mass is 32.3. The second kappa shape index (κ2) is 6.83. The van der Waals surface area contributed by atoms with E-state index in [0.717, 1.165) is 29.2 Å². The summed E-state index contributed by atoms with van der Waals surface area (Å²) >= 11 is 0. The molecule has 0 fully saturated rings. The second-order valence-corrected chi connectivity index (χ2v) is 10.1. The lowest BCUT2D eigenvalue weighted by Crippen LogP contribution is -2.34. The fourth-order valence-corrected chi connectivity index (χ4v) is 7.26. The van der Waals surface area contributed by atoms with Crippen LogP contribution in [0.4, 0.5) is 4.79 Å². The Hall–Kier alpha value is -1.68. The van der Waals surface area contributed by atoms with E-state index in [1.54, 1.807) is 0 Å². The van der Waals surface area contributed by atoms with Gasteiger partial charge in [0.05, 0.1) is 5.03 Å². The second-order valence-electron chi connectivity index (χ2n) is 6.48. The van der Waals surface area contributed by atoms with Gasteiger partial charge < -0.3 is 5.11 Å². The van der Waals surface area contributed by atoms with Crippen molar-refractivity contribution >= 4 is 16.1 Å². The molecule has 0 aromatic heterocycles. The maximum absolute atomic E-state index is 11.4. The minimum Gasteiger partial charge on any atom is -0.465 e. The van der Waals surface area contributed by atoms with Gasteiger partial charge in [0.25, 0.3) is 0 Å². The highest BCUT2D eigenvalue weighted by Gasteiger charge is 2.44. The topological polar surface area (TPSA) is 49.3 Å². The fourth-order valence-electron chi connectivity index (χ4n) is 2.99. The van der Waals surface area contributed by atoms with Crippen LogP contribution in [-0.4, -0.2) is 15.9 Å². The summed E-state index contributed by atoms with van der Waals surface area (Å²) in [6.07, 6.45) is 3.02. The third-order valence-corrected chi connectivity index (χ3v) is 9.58. The van der Waals surface area contributed by atoms with E-state index in [0.29, 0.717) is 0 Å². The quantitative estimate of drug-likeness (QED) is 0.712. The smallest absolute Gasteiger partial charge is 0.409 e. The van der Waals surface area contributed by atoms with Gasteiger partial charge in [-0.1, -0.05) is 64.1 Å². The molecule has 4 heteroatoms. The Morgan fingerprint density at radius 3 is 2.39 bits per heavy atom. The van der Waals surface area contributed by atoms with Crippen LogP contribution in [0, 0.1) is 0 Å². The van der Waals surface area contributed by atoms with Gasteiger partial charge in [0, 0.05) is 10.5 Å². The number of carbonyl (C=O) groups is 1. The zero-order chi connectivity index (χ0) is 17.1. The van der Waals surface area contributed by atoms with Gasteiger partial charge >= 0.3 is 6.09 Å². The molecule has 23 heavy (non-hydrogen) atoms. The summed E-state index contributed by atoms with van der Waals surface area (Å²) in [4.78, 5) is 11.4. The summed E-state index contributed by atoms with van der Waals surface area (Å²) in [5.74, 6) is 0.879. The molecule has 1 atom stereocenters. The van der Waals surface area contributed by atoms with Gasteiger partial charge in [-0.25, -0.2) is 4.79 Å². The van der Waals surface area contributed by atoms with Crippen molar-refractivity contribution < 1.29 is 9.90 Å². The summed E-state index contributed by atoms with van der Waals surface area (Å²) in [5.41, 5.74) is 2.38. The first-order valence-corrected chi connectivity index (χ1v) is 9.98. The molecule has 0 spiro atoms. The van der Waals surface area contributed by atoms with Crippen molar-refractivity contribution in [1.29, 1.82) is 0 Å². The molecule has 1 aromatic rings. The first-order valence-electron chi connectivity index (χ1n) is 8.12. The van der Waals surface area contributed by atoms with Crippen molar-refractivity contribution in [1.82, 2.24) is 5.32 Å². The molecule has 1 aromatic carbocycles. The number of carboxylic acid groups (broad SMARTS) is 1. The highest BCUT2D eigenvalue weighted by molar-refractivity contribution is 8.39. The van der Waals surface area contributed by atoms with E-state index in [1.807, 2.05) is 6.07 Å². The minimum atomic E-state index is -1.43. The molecule has 1 aliphatic heterocycles. The molecule has 0 saturated heterocycles. The third kappa shape index (κ3) is 3.32. The van der Waals surface area contributed by atoms with E-state index in [-0.39, 0.29) is 4.75 Å². The first-order chi connectivity index (χ1) is 10.9. The average Bonchev–Trinajstić information content (AvgIpc) is 2.87. The van der Waals surface area contributed by atoms with Gasteiger partial charge in [-0.3, -0.25) is 5.32 Å². The van der Waals surface area contributed by atoms with Crippen molar-refractivity contribution in [2.45, 2.75) is 51.0 Å². The van der Waals surface area contributed by atoms with E-state index >= 15 is 0 Å². The predicted molar refractivity (Wildman–Crippen MR) is 99.7 cm³/mol. The molecule has 0 saturated carbocycles. The molecule has 3 nitrogen and oxygen atoms in total. The summed E-state index contributed by atoms with van der Waals surface area (Å²) in [6, 6.07) is 10.4. The van der Waals surface area contributed by atoms with Crippen LogP contribution in [-0.2, 0) is 5.75 Å². The number of allylic oxidation sites excluding steroid dienone is 2. The molecule has 1 unspecified atom stereocenters. The summed E-state index contributed by atoms with van der Waals surface area (Å²) in [5, 5.41) is 15.4. The molecule has 126 valence electrons. The fraction of sp³-hybridized carbons (Fsp3) is 0.421. The van der Waals surface area contributed by atoms with E-state index in [1.165, 1.54) is 5.56 Å². The van der Waals surface area contributed by atoms with Crippen LogP contribution in [0.5, 0.6) is 0 Å². The van der Waals surface area contributed by atoms with Crippen molar-refractivity contribution in [2.75, 3.05) is 0 Å². The highest BCUT2D eigenvalue weighted by Crippen LogP contribution is 2.71. The normalized spacial score (nSPS) is 23.7. The lowest BCUT2D eigenvalue weighted by atomic mass is 10.1. The van der Waals surface area contributed by atoms with E-state index in [2.05, 4.69) is 68.8 Å². The van der Waals surface area contributed by atoms with Gasteiger partial charge in [0.15, 0.2) is 0 Å². The van der Waals surface area contributed by atoms with Crippen molar-refractivity contribution in [3.8, 4) is 0 Å². The van der Waals surface area contributed by atoms with Crippen LogP contribution < -0.4 is 5.32 Å². The molecule has 2 rings (SSSR count). The van der Waals surface area contributed by atoms with E-state index in [4.69, 9.17) is 0 Å². The summed E-state index contributed by atoms with van der Waals surface area (Å²) < 4.78 is 0.0219. The van der Waals surface area contributed by atoms with Gasteiger partial charge in [-0.15, -0.1) is 0 Å². The van der Waals surface area contributed by atoms with Crippen LogP contribution in [0.2, 0.25) is 0 Å². The lowest BCUT2D eigenvalue weighted by Gasteiger charge is -2.50. The number of rotatable bonds is 6. The number of amides is 1. The Labute approximate surface area is 140 Å². The molecule has 2 N–H and O–H groups in total. The number of nitrogens with one attached hydrogen (secondary N) is 1. The van der Waals surface area contributed by atoms with Crippen molar-refractivity contribution in [2.24, 2.45) is 0 Å². The van der Waals surface area contributed by atoms with Gasteiger partial charge in [-0.05, 0) is 29.4 Å². The zero-order valence-electron chi connectivity index (χ0n) is 14.4. The maximum Gasteiger partial charge on any atom is 0.409 e. The van der Waals surface area contributed by atoms with Crippen LogP contribution >= 0.6 is 10.0 Å². The van der Waals surface area contributed by atoms with E-state index in [9.17, 15) is 9.90 Å². The molecular weight excluding hydrogens is 306 g/mol. The van der Waals surface area contributed by atoms with Gasteiger partial charge in [0.2, 0.25) is 0 Å². The standard InChI is InChI=1S/C19H27NO2S/c1-5-16-12-13-23(19(3,4)6-2,17(16)20-18(21)22)14-15-10-8-7-9-11-15/h7-13,20H,5-6,14H2,1-4H3,(H,21,22). The number of hydrogen-bond donors (Lipinski definition) is 2. The van der Waals surface area contributed by atoms with Crippen molar-refractivity contribution in [3.63, 3.8) is 0 Å². The van der Waals surface area contributed by atoms with Crippen LogP contribution in [0.15, 0.2) is 52.4 Å². The minimum absolute atomic E-state index is 0.0219. The maximum atomic E-state index is 11.4. The predicted octanol–water partition coefficient (Wildman–Crippen LogP) is 5.60. The van der Waals surface area contributed by atoms with Gasteiger partial charge in [-0.2, -0.15) is 10.0 Å². The third-order valence-electron chi connectivity index (χ3n) is 4.83. The first kappa shape index (κ1) is 17.7. The zero-order valence-corrected chi connectivity index (χ0v) is 15.2. The van der Waals surface area contributed by atoms with Crippen LogP contribution in [0.1, 0.15) is 46.1 Å². The Kier molecular flexibility index (Phi) is 5.25. The molecule has 0 aliphatic carbocycles. The SMILES string of the molecule is CCC1=C(NC(=O)O)S(Cc2ccccc2)(C(C)(C)CC)C=C1. The molecule has 0 radical (unpaired) electrons. The summed E-state index contributed by atoms with van der Waals surface area (Å²) in [6.45, 7) is 8.80. The number of benzene rings is 1. The van der Waals surface area contributed by atoms with Crippen LogP contribution in [0.3, 0.4) is 0 Å². The number of hydrogen-bond acceptors (Lipinski definition) is 1. The summed E-state index contributed by atoms with van der Waals surface area (Å²) in [7, 11) is -1.43. The largest absolute Gasteiger partial charge is 0.465 e. The molecule has 0 bridgehead atoms. The molecule has 1 amide bonds. The molecule has 1 heterocycles. The van der Waals surface area contributed by atoms with E-state index < -0.39 is 16.1 Å². The Morgan fingerprint density at radius 1 is 1.22 bits per heavy atom. The Bertz CT molecular complexity index is 634. The van der Waals surface area contributed by atoms with Crippen LogP contribution in [0.25, 0.3) is 0 Å². The monoisotopic (exact) mass is 333 g/mol. The lowest BCUT2D eigenvalue weighted by molar-refractivity contribution is 0.198. The Balaban J connectivity index is 2.56. The average molecular weight is 333 g/mol.